The van der Waals surface area contributed by atoms with E-state index >= 15 is 0 Å². The van der Waals surface area contributed by atoms with Crippen LogP contribution >= 0.6 is 12.2 Å². The fourth-order valence-electron chi connectivity index (χ4n) is 1.96. The minimum Gasteiger partial charge on any atom is -0.343 e. The number of amides is 1. The number of hydrazone groups is 1. The first-order valence-corrected chi connectivity index (χ1v) is 7.82. The van der Waals surface area contributed by atoms with Crippen molar-refractivity contribution in [3.05, 3.63) is 29.8 Å². The maximum absolute atomic E-state index is 12.0. The standard InChI is InChI=1S/C16H24N4OS/c1-5-20(6-2)15(21)11-13(4)18-19-16(22)17-14-10-8-7-9-12(14)3/h7-10H,5-6,11H2,1-4H3,(H2,17,19,22). The molecular weight excluding hydrogens is 296 g/mol. The summed E-state index contributed by atoms with van der Waals surface area (Å²) in [4.78, 5) is 13.7. The molecule has 1 amide bonds. The normalized spacial score (nSPS) is 11.0. The third-order valence-corrected chi connectivity index (χ3v) is 3.46. The quantitative estimate of drug-likeness (QED) is 0.481. The lowest BCUT2D eigenvalue weighted by atomic mass is 10.2. The predicted octanol–water partition coefficient (Wildman–Crippen LogP) is 2.92. The summed E-state index contributed by atoms with van der Waals surface area (Å²) in [6, 6.07) is 7.86. The van der Waals surface area contributed by atoms with Crippen molar-refractivity contribution in [3.63, 3.8) is 0 Å². The van der Waals surface area contributed by atoms with Crippen molar-refractivity contribution in [2.75, 3.05) is 18.4 Å². The Kier molecular flexibility index (Phi) is 7.52. The van der Waals surface area contributed by atoms with Crippen LogP contribution < -0.4 is 10.7 Å². The molecule has 0 saturated heterocycles. The lowest BCUT2D eigenvalue weighted by molar-refractivity contribution is -0.129. The van der Waals surface area contributed by atoms with Crippen LogP contribution in [0.15, 0.2) is 29.4 Å². The van der Waals surface area contributed by atoms with E-state index in [9.17, 15) is 4.79 Å². The maximum atomic E-state index is 12.0. The second kappa shape index (κ2) is 9.15. The molecule has 0 atom stereocenters. The highest BCUT2D eigenvalue weighted by molar-refractivity contribution is 7.80. The van der Waals surface area contributed by atoms with Crippen molar-refractivity contribution in [1.82, 2.24) is 10.3 Å². The zero-order valence-corrected chi connectivity index (χ0v) is 14.5. The van der Waals surface area contributed by atoms with Crippen molar-refractivity contribution in [2.45, 2.75) is 34.1 Å². The third-order valence-electron chi connectivity index (χ3n) is 3.26. The number of carbonyl (C=O) groups excluding carboxylic acids is 1. The number of aryl methyl sites for hydroxylation is 1. The smallest absolute Gasteiger partial charge is 0.228 e. The summed E-state index contributed by atoms with van der Waals surface area (Å²) in [6.45, 7) is 9.17. The topological polar surface area (TPSA) is 56.7 Å². The molecule has 0 aromatic heterocycles. The Morgan fingerprint density at radius 3 is 2.50 bits per heavy atom. The Balaban J connectivity index is 2.51. The number of nitrogens with one attached hydrogen (secondary N) is 2. The molecule has 6 heteroatoms. The van der Waals surface area contributed by atoms with Crippen LogP contribution in [-0.4, -0.2) is 34.7 Å². The van der Waals surface area contributed by atoms with Crippen molar-refractivity contribution in [3.8, 4) is 0 Å². The van der Waals surface area contributed by atoms with Gasteiger partial charge in [0.1, 0.15) is 0 Å². The average Bonchev–Trinajstić information content (AvgIpc) is 2.49. The van der Waals surface area contributed by atoms with Gasteiger partial charge in [-0.15, -0.1) is 0 Å². The first-order chi connectivity index (χ1) is 10.5. The van der Waals surface area contributed by atoms with Gasteiger partial charge in [0.05, 0.1) is 6.42 Å². The highest BCUT2D eigenvalue weighted by atomic mass is 32.1. The maximum Gasteiger partial charge on any atom is 0.228 e. The highest BCUT2D eigenvalue weighted by Gasteiger charge is 2.10. The lowest BCUT2D eigenvalue weighted by Gasteiger charge is -2.18. The van der Waals surface area contributed by atoms with E-state index in [0.717, 1.165) is 11.3 Å². The van der Waals surface area contributed by atoms with Crippen molar-refractivity contribution < 1.29 is 4.79 Å². The van der Waals surface area contributed by atoms with E-state index in [4.69, 9.17) is 12.2 Å². The number of hydrogen-bond acceptors (Lipinski definition) is 3. The predicted molar refractivity (Wildman–Crippen MR) is 96.2 cm³/mol. The van der Waals surface area contributed by atoms with Gasteiger partial charge in [0.2, 0.25) is 5.91 Å². The molecule has 0 heterocycles. The monoisotopic (exact) mass is 320 g/mol. The summed E-state index contributed by atoms with van der Waals surface area (Å²) in [5.74, 6) is 0.0748. The molecule has 1 aromatic rings. The van der Waals surface area contributed by atoms with Gasteiger partial charge in [-0.2, -0.15) is 5.10 Å². The van der Waals surface area contributed by atoms with Gasteiger partial charge in [-0.1, -0.05) is 18.2 Å². The van der Waals surface area contributed by atoms with Crippen LogP contribution in [0.4, 0.5) is 5.69 Å². The first-order valence-electron chi connectivity index (χ1n) is 7.41. The van der Waals surface area contributed by atoms with Crippen molar-refractivity contribution >= 4 is 34.6 Å². The minimum absolute atomic E-state index is 0.0748. The molecule has 1 rings (SSSR count). The number of nitrogens with zero attached hydrogens (tertiary/aromatic N) is 2. The number of para-hydroxylation sites is 1. The number of thiocarbonyl (C=S) groups is 1. The van der Waals surface area contributed by atoms with Crippen LogP contribution in [0.25, 0.3) is 0 Å². The summed E-state index contributed by atoms with van der Waals surface area (Å²) in [5.41, 5.74) is 5.51. The van der Waals surface area contributed by atoms with Crippen LogP contribution in [0.3, 0.4) is 0 Å². The van der Waals surface area contributed by atoms with Crippen LogP contribution in [0.2, 0.25) is 0 Å². The van der Waals surface area contributed by atoms with Crippen LogP contribution in [0, 0.1) is 6.92 Å². The summed E-state index contributed by atoms with van der Waals surface area (Å²) in [7, 11) is 0. The molecule has 22 heavy (non-hydrogen) atoms. The number of rotatable bonds is 6. The number of anilines is 1. The average molecular weight is 320 g/mol. The van der Waals surface area contributed by atoms with Gasteiger partial charge >= 0.3 is 0 Å². The highest BCUT2D eigenvalue weighted by Crippen LogP contribution is 2.12. The second-order valence-electron chi connectivity index (χ2n) is 4.97. The Labute approximate surface area is 137 Å². The molecule has 0 bridgehead atoms. The number of carbonyl (C=O) groups is 1. The fourth-order valence-corrected chi connectivity index (χ4v) is 2.11. The summed E-state index contributed by atoms with van der Waals surface area (Å²) in [6.07, 6.45) is 0.293. The molecule has 0 aliphatic rings. The summed E-state index contributed by atoms with van der Waals surface area (Å²) >= 11 is 5.20. The van der Waals surface area contributed by atoms with Gasteiger partial charge < -0.3 is 10.2 Å². The molecule has 0 fully saturated rings. The van der Waals surface area contributed by atoms with Crippen LogP contribution in [0.5, 0.6) is 0 Å². The van der Waals surface area contributed by atoms with E-state index in [1.54, 1.807) is 4.90 Å². The Morgan fingerprint density at radius 1 is 1.27 bits per heavy atom. The molecule has 0 spiro atoms. The van der Waals surface area contributed by atoms with E-state index in [-0.39, 0.29) is 5.91 Å². The zero-order valence-electron chi connectivity index (χ0n) is 13.6. The van der Waals surface area contributed by atoms with E-state index in [1.165, 1.54) is 0 Å². The van der Waals surface area contributed by atoms with Gasteiger partial charge in [0, 0.05) is 24.5 Å². The van der Waals surface area contributed by atoms with Crippen molar-refractivity contribution in [2.24, 2.45) is 5.10 Å². The van der Waals surface area contributed by atoms with E-state index in [0.29, 0.717) is 30.3 Å². The molecule has 2 N–H and O–H groups in total. The molecule has 120 valence electrons. The minimum atomic E-state index is 0.0748. The largest absolute Gasteiger partial charge is 0.343 e. The van der Waals surface area contributed by atoms with E-state index in [2.05, 4.69) is 15.8 Å². The molecule has 0 aliphatic heterocycles. The van der Waals surface area contributed by atoms with Gasteiger partial charge in [0.15, 0.2) is 5.11 Å². The second-order valence-corrected chi connectivity index (χ2v) is 5.38. The van der Waals surface area contributed by atoms with Gasteiger partial charge in [-0.25, -0.2) is 0 Å². The van der Waals surface area contributed by atoms with Gasteiger partial charge in [0.25, 0.3) is 0 Å². The lowest BCUT2D eigenvalue weighted by Crippen LogP contribution is -2.32. The molecule has 0 aliphatic carbocycles. The molecule has 5 nitrogen and oxygen atoms in total. The van der Waals surface area contributed by atoms with Gasteiger partial charge in [-0.05, 0) is 51.5 Å². The number of hydrogen-bond donors (Lipinski definition) is 2. The van der Waals surface area contributed by atoms with Crippen molar-refractivity contribution in [1.29, 1.82) is 0 Å². The molecule has 0 unspecified atom stereocenters. The summed E-state index contributed by atoms with van der Waals surface area (Å²) < 4.78 is 0. The molecule has 1 aromatic carbocycles. The third kappa shape index (κ3) is 5.81. The summed E-state index contributed by atoms with van der Waals surface area (Å²) in [5, 5.41) is 7.64. The van der Waals surface area contributed by atoms with E-state index < -0.39 is 0 Å². The Morgan fingerprint density at radius 2 is 1.91 bits per heavy atom. The molecule has 0 radical (unpaired) electrons. The first kappa shape index (κ1) is 18.1. The Hall–Kier alpha value is -1.95. The van der Waals surface area contributed by atoms with Crippen LogP contribution in [0.1, 0.15) is 32.8 Å². The zero-order chi connectivity index (χ0) is 16.5. The molecule has 0 saturated carbocycles. The fraction of sp³-hybridized carbons (Fsp3) is 0.438. The Bertz CT molecular complexity index is 553. The van der Waals surface area contributed by atoms with E-state index in [1.807, 2.05) is 52.0 Å². The number of benzene rings is 1. The molecular formula is C16H24N4OS. The van der Waals surface area contributed by atoms with Gasteiger partial charge in [-0.3, -0.25) is 10.2 Å². The van der Waals surface area contributed by atoms with Crippen LogP contribution in [-0.2, 0) is 4.79 Å². The SMILES string of the molecule is CCN(CC)C(=O)CC(C)=NNC(=S)Nc1ccccc1C.